The number of phenols is 1. The van der Waals surface area contributed by atoms with Gasteiger partial charge in [-0.05, 0) is 35.4 Å². The first kappa shape index (κ1) is 16.7. The number of alkyl halides is 3. The van der Waals surface area contributed by atoms with Crippen LogP contribution in [0.5, 0.6) is 11.5 Å². The highest BCUT2D eigenvalue weighted by atomic mass is 19.4. The molecule has 2 aromatic carbocycles. The number of benzene rings is 2. The van der Waals surface area contributed by atoms with E-state index in [4.69, 9.17) is 0 Å². The lowest BCUT2D eigenvalue weighted by atomic mass is 10.0. The summed E-state index contributed by atoms with van der Waals surface area (Å²) < 4.78 is 40.7. The third kappa shape index (κ3) is 4.38. The van der Waals surface area contributed by atoms with Gasteiger partial charge in [0, 0.05) is 25.7 Å². The summed E-state index contributed by atoms with van der Waals surface area (Å²) in [6.45, 7) is 0. The highest BCUT2D eigenvalue weighted by molar-refractivity contribution is 5.94. The quantitative estimate of drug-likeness (QED) is 0.937. The highest BCUT2D eigenvalue weighted by Gasteiger charge is 2.31. The zero-order chi connectivity index (χ0) is 17.2. The van der Waals surface area contributed by atoms with Gasteiger partial charge in [0.15, 0.2) is 0 Å². The van der Waals surface area contributed by atoms with E-state index in [1.165, 1.54) is 11.0 Å². The molecule has 0 aromatic heterocycles. The van der Waals surface area contributed by atoms with E-state index in [2.05, 4.69) is 4.74 Å². The van der Waals surface area contributed by atoms with Crippen LogP contribution in [0, 0.1) is 0 Å². The van der Waals surface area contributed by atoms with Crippen LogP contribution in [0.2, 0.25) is 0 Å². The van der Waals surface area contributed by atoms with Crippen LogP contribution in [0.3, 0.4) is 0 Å². The molecule has 0 bridgehead atoms. The van der Waals surface area contributed by atoms with Gasteiger partial charge in [-0.2, -0.15) is 0 Å². The number of phenolic OH excluding ortho intramolecular Hbond substituents is 1. The van der Waals surface area contributed by atoms with Crippen molar-refractivity contribution in [3.05, 3.63) is 48.0 Å². The van der Waals surface area contributed by atoms with E-state index in [0.29, 0.717) is 16.7 Å². The van der Waals surface area contributed by atoms with E-state index < -0.39 is 12.1 Å². The van der Waals surface area contributed by atoms with Gasteiger partial charge in [-0.3, -0.25) is 4.79 Å². The van der Waals surface area contributed by atoms with Gasteiger partial charge < -0.3 is 14.7 Å². The summed E-state index contributed by atoms with van der Waals surface area (Å²) in [5.41, 5.74) is 1.34. The SMILES string of the molecule is CN(C)C(=O)c1ccc(-c2cc(O)cc(OC(F)(F)F)c2)cc1. The molecular weight excluding hydrogens is 311 g/mol. The average molecular weight is 325 g/mol. The fourth-order valence-electron chi connectivity index (χ4n) is 2.01. The lowest BCUT2D eigenvalue weighted by molar-refractivity contribution is -0.274. The number of carbonyl (C=O) groups is 1. The fraction of sp³-hybridized carbons (Fsp3) is 0.188. The summed E-state index contributed by atoms with van der Waals surface area (Å²) in [7, 11) is 3.23. The van der Waals surface area contributed by atoms with Crippen molar-refractivity contribution in [1.82, 2.24) is 4.90 Å². The predicted molar refractivity (Wildman–Crippen MR) is 78.2 cm³/mol. The van der Waals surface area contributed by atoms with Gasteiger partial charge in [-0.1, -0.05) is 12.1 Å². The summed E-state index contributed by atoms with van der Waals surface area (Å²) in [6.07, 6.45) is -4.84. The lowest BCUT2D eigenvalue weighted by Gasteiger charge is -2.12. The first-order valence-corrected chi connectivity index (χ1v) is 6.57. The van der Waals surface area contributed by atoms with Crippen molar-refractivity contribution >= 4 is 5.91 Å². The second-order valence-electron chi connectivity index (χ2n) is 5.04. The van der Waals surface area contributed by atoms with Crippen LogP contribution in [0.25, 0.3) is 11.1 Å². The van der Waals surface area contributed by atoms with Gasteiger partial charge in [-0.25, -0.2) is 0 Å². The topological polar surface area (TPSA) is 49.8 Å². The molecule has 0 heterocycles. The summed E-state index contributed by atoms with van der Waals surface area (Å²) in [6, 6.07) is 9.65. The summed E-state index contributed by atoms with van der Waals surface area (Å²) in [5, 5.41) is 9.56. The van der Waals surface area contributed by atoms with Gasteiger partial charge in [0.2, 0.25) is 0 Å². The number of hydrogen-bond acceptors (Lipinski definition) is 3. The molecule has 0 fully saturated rings. The molecule has 0 aliphatic carbocycles. The molecule has 4 nitrogen and oxygen atoms in total. The normalized spacial score (nSPS) is 11.2. The Kier molecular flexibility index (Phi) is 4.49. The van der Waals surface area contributed by atoms with Crippen molar-refractivity contribution in [2.45, 2.75) is 6.36 Å². The minimum absolute atomic E-state index is 0.187. The van der Waals surface area contributed by atoms with Crippen molar-refractivity contribution in [1.29, 1.82) is 0 Å². The van der Waals surface area contributed by atoms with Crippen LogP contribution >= 0.6 is 0 Å². The van der Waals surface area contributed by atoms with E-state index in [1.807, 2.05) is 0 Å². The zero-order valence-electron chi connectivity index (χ0n) is 12.4. The second kappa shape index (κ2) is 6.20. The van der Waals surface area contributed by atoms with Crippen LogP contribution in [-0.2, 0) is 0 Å². The van der Waals surface area contributed by atoms with Crippen molar-refractivity contribution in [3.63, 3.8) is 0 Å². The van der Waals surface area contributed by atoms with E-state index in [9.17, 15) is 23.1 Å². The lowest BCUT2D eigenvalue weighted by Crippen LogP contribution is -2.21. The van der Waals surface area contributed by atoms with Gasteiger partial charge in [0.1, 0.15) is 11.5 Å². The molecule has 7 heteroatoms. The Bertz CT molecular complexity index is 710. The van der Waals surface area contributed by atoms with Crippen molar-refractivity contribution < 1.29 is 27.8 Å². The van der Waals surface area contributed by atoms with Gasteiger partial charge in [-0.15, -0.1) is 13.2 Å². The molecule has 0 aliphatic rings. The Morgan fingerprint density at radius 1 is 1.04 bits per heavy atom. The minimum atomic E-state index is -4.84. The van der Waals surface area contributed by atoms with Crippen molar-refractivity contribution in [2.75, 3.05) is 14.1 Å². The number of ether oxygens (including phenoxy) is 1. The van der Waals surface area contributed by atoms with Crippen LogP contribution in [-0.4, -0.2) is 36.4 Å². The average Bonchev–Trinajstić information content (AvgIpc) is 2.44. The Morgan fingerprint density at radius 3 is 2.17 bits per heavy atom. The van der Waals surface area contributed by atoms with Gasteiger partial charge in [0.25, 0.3) is 5.91 Å². The zero-order valence-corrected chi connectivity index (χ0v) is 12.4. The van der Waals surface area contributed by atoms with E-state index in [-0.39, 0.29) is 11.7 Å². The molecule has 0 atom stereocenters. The molecule has 0 saturated heterocycles. The second-order valence-corrected chi connectivity index (χ2v) is 5.04. The molecule has 2 rings (SSSR count). The first-order chi connectivity index (χ1) is 10.7. The van der Waals surface area contributed by atoms with Crippen LogP contribution < -0.4 is 4.74 Å². The molecule has 1 N–H and O–H groups in total. The Morgan fingerprint density at radius 2 is 1.65 bits per heavy atom. The third-order valence-electron chi connectivity index (χ3n) is 3.00. The Balaban J connectivity index is 2.33. The number of amides is 1. The maximum atomic E-state index is 12.3. The summed E-state index contributed by atoms with van der Waals surface area (Å²) in [4.78, 5) is 13.2. The molecule has 23 heavy (non-hydrogen) atoms. The van der Waals surface area contributed by atoms with Crippen molar-refractivity contribution in [3.8, 4) is 22.6 Å². The molecule has 0 radical (unpaired) electrons. The molecule has 122 valence electrons. The summed E-state index contributed by atoms with van der Waals surface area (Å²) in [5.74, 6) is -1.05. The number of nitrogens with zero attached hydrogens (tertiary/aromatic N) is 1. The summed E-state index contributed by atoms with van der Waals surface area (Å²) >= 11 is 0. The first-order valence-electron chi connectivity index (χ1n) is 6.57. The smallest absolute Gasteiger partial charge is 0.508 e. The molecule has 0 spiro atoms. The van der Waals surface area contributed by atoms with Gasteiger partial charge in [0.05, 0.1) is 0 Å². The molecule has 2 aromatic rings. The Labute approximate surface area is 130 Å². The molecule has 0 aliphatic heterocycles. The molecule has 0 saturated carbocycles. The molecule has 1 amide bonds. The Hall–Kier alpha value is -2.70. The van der Waals surface area contributed by atoms with Crippen LogP contribution in [0.1, 0.15) is 10.4 Å². The minimum Gasteiger partial charge on any atom is -0.508 e. The standard InChI is InChI=1S/C16H14F3NO3/c1-20(2)15(22)11-5-3-10(4-6-11)12-7-13(21)9-14(8-12)23-16(17,18)19/h3-9,21H,1-2H3. The monoisotopic (exact) mass is 325 g/mol. The number of aromatic hydroxyl groups is 1. The predicted octanol–water partition coefficient (Wildman–Crippen LogP) is 3.66. The van der Waals surface area contributed by atoms with Gasteiger partial charge >= 0.3 is 6.36 Å². The van der Waals surface area contributed by atoms with Crippen LogP contribution in [0.15, 0.2) is 42.5 Å². The highest BCUT2D eigenvalue weighted by Crippen LogP contribution is 2.32. The fourth-order valence-corrected chi connectivity index (χ4v) is 2.01. The van der Waals surface area contributed by atoms with E-state index in [1.54, 1.807) is 38.4 Å². The number of carbonyl (C=O) groups excluding carboxylic acids is 1. The molecule has 0 unspecified atom stereocenters. The van der Waals surface area contributed by atoms with E-state index in [0.717, 1.165) is 12.1 Å². The number of rotatable bonds is 3. The van der Waals surface area contributed by atoms with Crippen molar-refractivity contribution in [2.24, 2.45) is 0 Å². The third-order valence-corrected chi connectivity index (χ3v) is 3.00. The maximum absolute atomic E-state index is 12.3. The number of hydrogen-bond donors (Lipinski definition) is 1. The van der Waals surface area contributed by atoms with Crippen LogP contribution in [0.4, 0.5) is 13.2 Å². The maximum Gasteiger partial charge on any atom is 0.573 e. The van der Waals surface area contributed by atoms with E-state index >= 15 is 0 Å². The number of halogens is 3. The largest absolute Gasteiger partial charge is 0.573 e. The molecular formula is C16H14F3NO3.